The average Bonchev–Trinajstić information content (AvgIpc) is 3.58. The number of aromatic nitrogens is 6. The lowest BCUT2D eigenvalue weighted by atomic mass is 10.2. The van der Waals surface area contributed by atoms with Gasteiger partial charge in [-0.3, -0.25) is 23.5 Å². The van der Waals surface area contributed by atoms with Crippen LogP contribution in [0.2, 0.25) is 0 Å². The minimum absolute atomic E-state index is 0.0905. The number of aromatic amines is 1. The SMILES string of the molecule is Cc1cn([C@H]2C[C@H](OP(=O)([O-])OC[C@@H]3C=C[C@H](n4cnc5c(N)ncnc54)O3)[C@@H](CO)O2)c(=O)[nH]c1=O. The molecule has 0 spiro atoms. The molecule has 5 heterocycles. The Morgan fingerprint density at radius 2 is 2.08 bits per heavy atom. The monoisotopic (exact) mass is 536 g/mol. The molecule has 3 aromatic heterocycles. The number of ether oxygens (including phenoxy) is 2. The molecule has 0 saturated carbocycles. The molecule has 198 valence electrons. The highest BCUT2D eigenvalue weighted by atomic mass is 31.2. The largest absolute Gasteiger partial charge is 0.756 e. The van der Waals surface area contributed by atoms with Crippen LogP contribution in [-0.4, -0.2) is 65.7 Å². The highest BCUT2D eigenvalue weighted by Crippen LogP contribution is 2.45. The van der Waals surface area contributed by atoms with Crippen LogP contribution in [-0.2, 0) is 23.1 Å². The zero-order valence-electron chi connectivity index (χ0n) is 19.4. The molecule has 37 heavy (non-hydrogen) atoms. The van der Waals surface area contributed by atoms with Crippen molar-refractivity contribution < 1.29 is 33.1 Å². The van der Waals surface area contributed by atoms with Crippen molar-refractivity contribution >= 4 is 24.8 Å². The van der Waals surface area contributed by atoms with E-state index in [2.05, 4.69) is 19.9 Å². The average molecular weight is 536 g/mol. The molecular weight excluding hydrogens is 513 g/mol. The molecule has 4 N–H and O–H groups in total. The Morgan fingerprint density at radius 3 is 2.86 bits per heavy atom. The highest BCUT2D eigenvalue weighted by Gasteiger charge is 2.39. The van der Waals surface area contributed by atoms with Crippen LogP contribution >= 0.6 is 7.82 Å². The van der Waals surface area contributed by atoms with E-state index in [9.17, 15) is 24.2 Å². The van der Waals surface area contributed by atoms with Gasteiger partial charge in [-0.15, -0.1) is 0 Å². The summed E-state index contributed by atoms with van der Waals surface area (Å²) < 4.78 is 36.8. The van der Waals surface area contributed by atoms with Gasteiger partial charge in [0.1, 0.15) is 30.3 Å². The topological polar surface area (TPSA) is 222 Å². The number of aliphatic hydroxyl groups excluding tert-OH is 1. The second-order valence-corrected chi connectivity index (χ2v) is 9.81. The maximum atomic E-state index is 12.5. The normalized spacial score (nSPS) is 27.2. The van der Waals surface area contributed by atoms with Gasteiger partial charge in [0, 0.05) is 18.2 Å². The third-order valence-electron chi connectivity index (χ3n) is 5.94. The molecular formula is C20H23N7O9P-. The number of rotatable bonds is 8. The standard InChI is InChI=1S/C20H24N7O9P/c1-10-5-26(20(30)25-19(10)29)15-4-12(13(6-28)35-15)36-37(31,32)33-7-11-2-3-14(34-11)27-9-24-16-17(21)22-8-23-18(16)27/h2-3,5,8-9,11-15,28H,4,6-7H2,1H3,(H,31,32)(H2,21,22,23)(H,25,29,30)/p-1/t11-,12-,13+,14+,15+/m0/s1. The van der Waals surface area contributed by atoms with E-state index in [-0.39, 0.29) is 24.4 Å². The third-order valence-corrected chi connectivity index (χ3v) is 6.94. The molecule has 1 unspecified atom stereocenters. The molecule has 6 atom stereocenters. The molecule has 0 aliphatic carbocycles. The number of nitrogen functional groups attached to an aromatic ring is 1. The summed E-state index contributed by atoms with van der Waals surface area (Å²) in [5.41, 5.74) is 5.63. The first-order chi connectivity index (χ1) is 17.6. The van der Waals surface area contributed by atoms with Crippen LogP contribution in [0.25, 0.3) is 11.2 Å². The van der Waals surface area contributed by atoms with Gasteiger partial charge in [-0.05, 0) is 13.0 Å². The van der Waals surface area contributed by atoms with E-state index in [1.54, 1.807) is 16.7 Å². The van der Waals surface area contributed by atoms with Gasteiger partial charge in [0.05, 0.1) is 25.6 Å². The molecule has 0 amide bonds. The predicted molar refractivity (Wildman–Crippen MR) is 123 cm³/mol. The number of aliphatic hydroxyl groups is 1. The molecule has 5 rings (SSSR count). The number of phosphoric acid groups is 1. The van der Waals surface area contributed by atoms with Crippen LogP contribution in [0.3, 0.4) is 0 Å². The first-order valence-electron chi connectivity index (χ1n) is 11.1. The summed E-state index contributed by atoms with van der Waals surface area (Å²) in [5.74, 6) is 0.218. The summed E-state index contributed by atoms with van der Waals surface area (Å²) >= 11 is 0. The Morgan fingerprint density at radius 1 is 1.27 bits per heavy atom. The number of H-pyrrole nitrogens is 1. The summed E-state index contributed by atoms with van der Waals surface area (Å²) in [5, 5.41) is 9.64. The second-order valence-electron chi connectivity index (χ2n) is 8.45. The number of fused-ring (bicyclic) bond motifs is 1. The summed E-state index contributed by atoms with van der Waals surface area (Å²) in [7, 11) is -4.87. The van der Waals surface area contributed by atoms with Crippen molar-refractivity contribution in [2.75, 3.05) is 18.9 Å². The Kier molecular flexibility index (Phi) is 6.80. The number of aryl methyl sites for hydroxylation is 1. The molecule has 0 aromatic carbocycles. The zero-order valence-corrected chi connectivity index (χ0v) is 20.3. The van der Waals surface area contributed by atoms with E-state index in [0.717, 1.165) is 4.57 Å². The van der Waals surface area contributed by atoms with Crippen LogP contribution in [0.1, 0.15) is 24.4 Å². The number of nitrogens with zero attached hydrogens (tertiary/aromatic N) is 5. The van der Waals surface area contributed by atoms with Crippen molar-refractivity contribution in [2.24, 2.45) is 0 Å². The van der Waals surface area contributed by atoms with Gasteiger partial charge in [-0.1, -0.05) is 6.08 Å². The smallest absolute Gasteiger partial charge is 0.330 e. The van der Waals surface area contributed by atoms with Crippen LogP contribution < -0.4 is 21.9 Å². The van der Waals surface area contributed by atoms with E-state index < -0.39 is 56.4 Å². The lowest BCUT2D eigenvalue weighted by molar-refractivity contribution is -0.233. The Bertz CT molecular complexity index is 1500. The third kappa shape index (κ3) is 5.13. The van der Waals surface area contributed by atoms with Gasteiger partial charge in [-0.2, -0.15) is 0 Å². The van der Waals surface area contributed by atoms with Gasteiger partial charge in [0.25, 0.3) is 13.4 Å². The van der Waals surface area contributed by atoms with Gasteiger partial charge in [0.2, 0.25) is 0 Å². The molecule has 0 bridgehead atoms. The summed E-state index contributed by atoms with van der Waals surface area (Å²) in [6, 6.07) is 0. The van der Waals surface area contributed by atoms with Crippen LogP contribution in [0.15, 0.2) is 40.6 Å². The Balaban J connectivity index is 1.20. The lowest BCUT2D eigenvalue weighted by Crippen LogP contribution is -2.33. The number of nitrogens with one attached hydrogen (secondary N) is 1. The maximum Gasteiger partial charge on any atom is 0.330 e. The molecule has 16 nitrogen and oxygen atoms in total. The van der Waals surface area contributed by atoms with Crippen molar-refractivity contribution in [3.05, 3.63) is 57.4 Å². The van der Waals surface area contributed by atoms with Gasteiger partial charge in [-0.25, -0.2) is 19.7 Å². The maximum absolute atomic E-state index is 12.5. The van der Waals surface area contributed by atoms with Crippen molar-refractivity contribution in [1.82, 2.24) is 29.1 Å². The van der Waals surface area contributed by atoms with Crippen LogP contribution in [0.5, 0.6) is 0 Å². The fourth-order valence-corrected chi connectivity index (χ4v) is 5.05. The van der Waals surface area contributed by atoms with E-state index in [0.29, 0.717) is 11.2 Å². The number of phosphoric ester groups is 1. The predicted octanol–water partition coefficient (Wildman–Crippen LogP) is -1.13. The quantitative estimate of drug-likeness (QED) is 0.229. The minimum atomic E-state index is -4.87. The molecule has 17 heteroatoms. The molecule has 2 aliphatic heterocycles. The van der Waals surface area contributed by atoms with Crippen molar-refractivity contribution in [3.8, 4) is 0 Å². The zero-order chi connectivity index (χ0) is 26.3. The van der Waals surface area contributed by atoms with Gasteiger partial charge in [0.15, 0.2) is 17.7 Å². The minimum Gasteiger partial charge on any atom is -0.756 e. The molecule has 1 saturated heterocycles. The van der Waals surface area contributed by atoms with E-state index >= 15 is 0 Å². The number of hydrogen-bond donors (Lipinski definition) is 3. The van der Waals surface area contributed by atoms with Crippen molar-refractivity contribution in [3.63, 3.8) is 0 Å². The molecule has 3 aromatic rings. The van der Waals surface area contributed by atoms with Crippen LogP contribution in [0, 0.1) is 6.92 Å². The first kappa shape index (κ1) is 25.4. The molecule has 0 radical (unpaired) electrons. The number of anilines is 1. The first-order valence-corrected chi connectivity index (χ1v) is 12.6. The number of imidazole rings is 1. The van der Waals surface area contributed by atoms with Crippen LogP contribution in [0.4, 0.5) is 5.82 Å². The molecule has 2 aliphatic rings. The highest BCUT2D eigenvalue weighted by molar-refractivity contribution is 7.45. The van der Waals surface area contributed by atoms with E-state index in [1.165, 1.54) is 25.8 Å². The number of hydrogen-bond acceptors (Lipinski definition) is 13. The Hall–Kier alpha value is -3.24. The van der Waals surface area contributed by atoms with Crippen molar-refractivity contribution in [2.45, 2.75) is 44.1 Å². The Labute approximate surface area is 207 Å². The summed E-state index contributed by atoms with van der Waals surface area (Å²) in [4.78, 5) is 50.7. The van der Waals surface area contributed by atoms with Gasteiger partial charge < -0.3 is 34.3 Å². The fraction of sp³-hybridized carbons (Fsp3) is 0.450. The second kappa shape index (κ2) is 9.90. The van der Waals surface area contributed by atoms with E-state index in [4.69, 9.17) is 24.3 Å². The van der Waals surface area contributed by atoms with Gasteiger partial charge >= 0.3 is 5.69 Å². The molecule has 1 fully saturated rings. The lowest BCUT2D eigenvalue weighted by Gasteiger charge is -2.28. The summed E-state index contributed by atoms with van der Waals surface area (Å²) in [6.45, 7) is 0.557. The van der Waals surface area contributed by atoms with Crippen molar-refractivity contribution in [1.29, 1.82) is 0 Å². The summed E-state index contributed by atoms with van der Waals surface area (Å²) in [6.07, 6.45) is 2.80. The number of nitrogens with two attached hydrogens (primary N) is 1. The van der Waals surface area contributed by atoms with E-state index in [1.807, 2.05) is 0 Å². The fourth-order valence-electron chi connectivity index (χ4n) is 4.11.